The molecule has 0 aliphatic heterocycles. The van der Waals surface area contributed by atoms with E-state index in [4.69, 9.17) is 10.00 Å². The van der Waals surface area contributed by atoms with Crippen molar-refractivity contribution in [1.82, 2.24) is 0 Å². The highest BCUT2D eigenvalue weighted by Gasteiger charge is 2.15. The molecule has 0 saturated heterocycles. The lowest BCUT2D eigenvalue weighted by molar-refractivity contribution is -0.384. The second-order valence-electron chi connectivity index (χ2n) is 5.51. The van der Waals surface area contributed by atoms with Crippen molar-refractivity contribution in [3.8, 4) is 11.8 Å². The Kier molecular flexibility index (Phi) is 5.51. The van der Waals surface area contributed by atoms with E-state index in [0.717, 1.165) is 24.8 Å². The standard InChI is InChI=1S/C15H20N2O3/c1-12-6-7-13(17(18)19)10-14(12)20-9-5-4-8-15(2,3)11-16/h6-7,10H,4-5,8-9H2,1-3H3. The second kappa shape index (κ2) is 6.90. The summed E-state index contributed by atoms with van der Waals surface area (Å²) in [7, 11) is 0. The van der Waals surface area contributed by atoms with Gasteiger partial charge in [-0.05, 0) is 51.7 Å². The van der Waals surface area contributed by atoms with Gasteiger partial charge >= 0.3 is 0 Å². The smallest absolute Gasteiger partial charge is 0.273 e. The molecule has 0 bridgehead atoms. The van der Waals surface area contributed by atoms with E-state index < -0.39 is 4.92 Å². The zero-order chi connectivity index (χ0) is 15.2. The summed E-state index contributed by atoms with van der Waals surface area (Å²) in [5.41, 5.74) is 0.616. The third-order valence-corrected chi connectivity index (χ3v) is 3.14. The van der Waals surface area contributed by atoms with Crippen LogP contribution < -0.4 is 4.74 Å². The van der Waals surface area contributed by atoms with Crippen LogP contribution in [-0.4, -0.2) is 11.5 Å². The molecule has 0 amide bonds. The molecule has 0 atom stereocenters. The molecule has 1 aromatic carbocycles. The molecule has 0 fully saturated rings. The SMILES string of the molecule is Cc1ccc([N+](=O)[O-])cc1OCCCCC(C)(C)C#N. The van der Waals surface area contributed by atoms with Crippen molar-refractivity contribution in [3.63, 3.8) is 0 Å². The number of rotatable bonds is 7. The average molecular weight is 276 g/mol. The number of ether oxygens (including phenoxy) is 1. The van der Waals surface area contributed by atoms with Gasteiger partial charge < -0.3 is 4.74 Å². The Bertz CT molecular complexity index is 518. The van der Waals surface area contributed by atoms with Crippen molar-refractivity contribution in [2.75, 3.05) is 6.61 Å². The van der Waals surface area contributed by atoms with Crippen LogP contribution in [0.2, 0.25) is 0 Å². The third kappa shape index (κ3) is 4.88. The lowest BCUT2D eigenvalue weighted by Crippen LogP contribution is -2.08. The van der Waals surface area contributed by atoms with Crippen LogP contribution in [0.5, 0.6) is 5.75 Å². The van der Waals surface area contributed by atoms with Gasteiger partial charge in [0.1, 0.15) is 5.75 Å². The molecule has 5 heteroatoms. The summed E-state index contributed by atoms with van der Waals surface area (Å²) in [6.45, 7) is 6.19. The zero-order valence-electron chi connectivity index (χ0n) is 12.2. The van der Waals surface area contributed by atoms with Crippen LogP contribution in [0.25, 0.3) is 0 Å². The lowest BCUT2D eigenvalue weighted by atomic mass is 9.89. The predicted octanol–water partition coefficient (Wildman–Crippen LogP) is 4.00. The number of hydrogen-bond donors (Lipinski definition) is 0. The van der Waals surface area contributed by atoms with Gasteiger partial charge in [-0.1, -0.05) is 0 Å². The maximum Gasteiger partial charge on any atom is 0.273 e. The van der Waals surface area contributed by atoms with E-state index in [2.05, 4.69) is 6.07 Å². The second-order valence-corrected chi connectivity index (χ2v) is 5.51. The largest absolute Gasteiger partial charge is 0.493 e. The molecule has 0 radical (unpaired) electrons. The number of aryl methyl sites for hydroxylation is 1. The van der Waals surface area contributed by atoms with Gasteiger partial charge in [-0.2, -0.15) is 5.26 Å². The first-order chi connectivity index (χ1) is 9.35. The number of unbranched alkanes of at least 4 members (excludes halogenated alkanes) is 1. The highest BCUT2D eigenvalue weighted by molar-refractivity contribution is 5.43. The Morgan fingerprint density at radius 1 is 1.40 bits per heavy atom. The molecule has 20 heavy (non-hydrogen) atoms. The summed E-state index contributed by atoms with van der Waals surface area (Å²) in [4.78, 5) is 10.3. The van der Waals surface area contributed by atoms with Gasteiger partial charge in [0.25, 0.3) is 5.69 Å². The maximum absolute atomic E-state index is 10.7. The molecule has 0 saturated carbocycles. The Labute approximate surface area is 119 Å². The van der Waals surface area contributed by atoms with E-state index in [1.54, 1.807) is 6.07 Å². The van der Waals surface area contributed by atoms with Gasteiger partial charge in [0.05, 0.1) is 29.1 Å². The first kappa shape index (κ1) is 16.0. The molecular weight excluding hydrogens is 256 g/mol. The Morgan fingerprint density at radius 2 is 2.10 bits per heavy atom. The fraction of sp³-hybridized carbons (Fsp3) is 0.533. The van der Waals surface area contributed by atoms with Crippen molar-refractivity contribution < 1.29 is 9.66 Å². The fourth-order valence-corrected chi connectivity index (χ4v) is 1.76. The third-order valence-electron chi connectivity index (χ3n) is 3.14. The maximum atomic E-state index is 10.7. The van der Waals surface area contributed by atoms with Gasteiger partial charge in [0.2, 0.25) is 0 Å². The quantitative estimate of drug-likeness (QED) is 0.428. The average Bonchev–Trinajstić information content (AvgIpc) is 2.40. The molecule has 0 N–H and O–H groups in total. The topological polar surface area (TPSA) is 76.2 Å². The molecule has 0 unspecified atom stereocenters. The number of non-ortho nitro benzene ring substituents is 1. The lowest BCUT2D eigenvalue weighted by Gasteiger charge is -2.14. The summed E-state index contributed by atoms with van der Waals surface area (Å²) in [6.07, 6.45) is 2.54. The molecule has 108 valence electrons. The number of benzene rings is 1. The predicted molar refractivity (Wildman–Crippen MR) is 76.6 cm³/mol. The van der Waals surface area contributed by atoms with Crippen molar-refractivity contribution in [1.29, 1.82) is 5.26 Å². The summed E-state index contributed by atoms with van der Waals surface area (Å²) < 4.78 is 5.59. The first-order valence-electron chi connectivity index (χ1n) is 6.65. The molecule has 0 aliphatic carbocycles. The minimum Gasteiger partial charge on any atom is -0.493 e. The number of nitro groups is 1. The monoisotopic (exact) mass is 276 g/mol. The molecule has 1 rings (SSSR count). The Balaban J connectivity index is 2.45. The van der Waals surface area contributed by atoms with Crippen LogP contribution in [0.1, 0.15) is 38.7 Å². The van der Waals surface area contributed by atoms with Crippen molar-refractivity contribution in [2.24, 2.45) is 5.41 Å². The highest BCUT2D eigenvalue weighted by atomic mass is 16.6. The van der Waals surface area contributed by atoms with Crippen LogP contribution in [0.15, 0.2) is 18.2 Å². The molecule has 5 nitrogen and oxygen atoms in total. The van der Waals surface area contributed by atoms with Crippen LogP contribution in [0.3, 0.4) is 0 Å². The van der Waals surface area contributed by atoms with Gasteiger partial charge in [-0.15, -0.1) is 0 Å². The van der Waals surface area contributed by atoms with Gasteiger partial charge in [-0.3, -0.25) is 10.1 Å². The van der Waals surface area contributed by atoms with Crippen LogP contribution in [0, 0.1) is 33.8 Å². The normalized spacial score (nSPS) is 10.9. The van der Waals surface area contributed by atoms with Gasteiger partial charge in [0, 0.05) is 6.07 Å². The number of nitriles is 1. The number of nitrogens with zero attached hydrogens (tertiary/aromatic N) is 2. The van der Waals surface area contributed by atoms with Crippen LogP contribution in [0.4, 0.5) is 5.69 Å². The fourth-order valence-electron chi connectivity index (χ4n) is 1.76. The van der Waals surface area contributed by atoms with Crippen molar-refractivity contribution >= 4 is 5.69 Å². The number of nitro benzene ring substituents is 1. The molecule has 0 heterocycles. The molecular formula is C15H20N2O3. The van der Waals surface area contributed by atoms with Gasteiger partial charge in [-0.25, -0.2) is 0 Å². The van der Waals surface area contributed by atoms with E-state index in [-0.39, 0.29) is 11.1 Å². The summed E-state index contributed by atoms with van der Waals surface area (Å²) in [6, 6.07) is 6.87. The van der Waals surface area contributed by atoms with Crippen molar-refractivity contribution in [3.05, 3.63) is 33.9 Å². The highest BCUT2D eigenvalue weighted by Crippen LogP contribution is 2.25. The van der Waals surface area contributed by atoms with E-state index in [1.165, 1.54) is 12.1 Å². The molecule has 1 aromatic rings. The summed E-state index contributed by atoms with van der Waals surface area (Å²) in [5, 5.41) is 19.6. The summed E-state index contributed by atoms with van der Waals surface area (Å²) >= 11 is 0. The minimum atomic E-state index is -0.429. The Morgan fingerprint density at radius 3 is 2.70 bits per heavy atom. The number of hydrogen-bond acceptors (Lipinski definition) is 4. The molecule has 0 spiro atoms. The molecule has 0 aliphatic rings. The van der Waals surface area contributed by atoms with E-state index in [1.807, 2.05) is 20.8 Å². The zero-order valence-corrected chi connectivity index (χ0v) is 12.2. The first-order valence-corrected chi connectivity index (χ1v) is 6.65. The van der Waals surface area contributed by atoms with Gasteiger partial charge in [0.15, 0.2) is 0 Å². The van der Waals surface area contributed by atoms with E-state index in [0.29, 0.717) is 12.4 Å². The van der Waals surface area contributed by atoms with Crippen LogP contribution in [-0.2, 0) is 0 Å². The Hall–Kier alpha value is -2.09. The van der Waals surface area contributed by atoms with E-state index in [9.17, 15) is 10.1 Å². The van der Waals surface area contributed by atoms with Crippen molar-refractivity contribution in [2.45, 2.75) is 40.0 Å². The summed E-state index contributed by atoms with van der Waals surface area (Å²) in [5.74, 6) is 0.554. The van der Waals surface area contributed by atoms with Crippen LogP contribution >= 0.6 is 0 Å². The van der Waals surface area contributed by atoms with E-state index >= 15 is 0 Å². The minimum absolute atomic E-state index is 0.0382. The molecule has 0 aromatic heterocycles.